The minimum Gasteiger partial charge on any atom is -0.508 e. The number of hydrogen-bond acceptors (Lipinski definition) is 8. The number of carbonyl (C=O) groups excluding carboxylic acids is 4. The van der Waals surface area contributed by atoms with E-state index < -0.39 is 71.0 Å². The fraction of sp³-hybridized carbons (Fsp3) is 0.324. The Balaban J connectivity index is 1.51. The molecular weight excluding hydrogens is 652 g/mol. The lowest BCUT2D eigenvalue weighted by atomic mass is 9.49. The number of anilines is 1. The Morgan fingerprint density at radius 2 is 1.61 bits per heavy atom. The number of ether oxygens (including phenoxy) is 2. The minimum atomic E-state index is -1.58. The molecule has 4 amide bonds. The van der Waals surface area contributed by atoms with Crippen LogP contribution in [-0.4, -0.2) is 65.5 Å². The predicted molar refractivity (Wildman–Crippen MR) is 176 cm³/mol. The molecule has 2 saturated heterocycles. The molecule has 252 valence electrons. The third-order valence-electron chi connectivity index (χ3n) is 10.6. The first-order valence-electron chi connectivity index (χ1n) is 16.0. The number of aromatic hydroxyl groups is 1. The van der Waals surface area contributed by atoms with Gasteiger partial charge in [0.25, 0.3) is 0 Å². The van der Waals surface area contributed by atoms with Gasteiger partial charge in [0.1, 0.15) is 17.2 Å². The van der Waals surface area contributed by atoms with Gasteiger partial charge in [0.15, 0.2) is 0 Å². The van der Waals surface area contributed by atoms with Crippen LogP contribution in [-0.2, 0) is 29.4 Å². The summed E-state index contributed by atoms with van der Waals surface area (Å²) < 4.78 is 11.7. The van der Waals surface area contributed by atoms with Gasteiger partial charge in [0.05, 0.1) is 49.5 Å². The molecular formula is C37H33ClN2O9. The highest BCUT2D eigenvalue weighted by Gasteiger charge is 2.71. The van der Waals surface area contributed by atoms with Gasteiger partial charge >= 0.3 is 5.97 Å². The van der Waals surface area contributed by atoms with Crippen molar-refractivity contribution in [2.45, 2.75) is 30.6 Å². The molecule has 3 aromatic rings. The zero-order valence-corrected chi connectivity index (χ0v) is 27.4. The topological polar surface area (TPSA) is 151 Å². The van der Waals surface area contributed by atoms with Gasteiger partial charge < -0.3 is 19.7 Å². The zero-order chi connectivity index (χ0) is 34.8. The average molecular weight is 685 g/mol. The number of methoxy groups -OCH3 is 2. The molecule has 49 heavy (non-hydrogen) atoms. The van der Waals surface area contributed by atoms with Crippen LogP contribution in [0.25, 0.3) is 0 Å². The van der Waals surface area contributed by atoms with Gasteiger partial charge in [-0.05, 0) is 42.5 Å². The summed E-state index contributed by atoms with van der Waals surface area (Å²) in [4.78, 5) is 71.5. The number of carboxylic acids is 1. The summed E-state index contributed by atoms with van der Waals surface area (Å²) >= 11 is 6.36. The van der Waals surface area contributed by atoms with E-state index in [9.17, 15) is 29.4 Å². The van der Waals surface area contributed by atoms with Gasteiger partial charge in [0.2, 0.25) is 23.6 Å². The lowest BCUT2D eigenvalue weighted by Gasteiger charge is -2.51. The van der Waals surface area contributed by atoms with Crippen molar-refractivity contribution in [1.29, 1.82) is 0 Å². The van der Waals surface area contributed by atoms with E-state index in [1.807, 2.05) is 12.1 Å². The van der Waals surface area contributed by atoms with E-state index in [0.29, 0.717) is 21.7 Å². The molecule has 12 heteroatoms. The van der Waals surface area contributed by atoms with Crippen molar-refractivity contribution in [2.75, 3.05) is 25.7 Å². The molecule has 2 N–H and O–H groups in total. The molecule has 6 unspecified atom stereocenters. The van der Waals surface area contributed by atoms with Crippen LogP contribution in [0.5, 0.6) is 17.2 Å². The normalized spacial score (nSPS) is 27.4. The Hall–Kier alpha value is -5.16. The Kier molecular flexibility index (Phi) is 7.98. The van der Waals surface area contributed by atoms with E-state index in [1.165, 1.54) is 26.4 Å². The molecule has 2 heterocycles. The lowest BCUT2D eigenvalue weighted by Crippen LogP contribution is -2.53. The Bertz CT molecular complexity index is 1920. The molecule has 3 aromatic carbocycles. The van der Waals surface area contributed by atoms with Crippen LogP contribution >= 0.6 is 11.6 Å². The summed E-state index contributed by atoms with van der Waals surface area (Å²) in [5.74, 6) is -7.08. The highest BCUT2D eigenvalue weighted by molar-refractivity contribution is 6.32. The number of fused-ring (bicyclic) bond motifs is 4. The zero-order valence-electron chi connectivity index (χ0n) is 26.7. The van der Waals surface area contributed by atoms with Crippen molar-refractivity contribution in [3.05, 3.63) is 94.5 Å². The van der Waals surface area contributed by atoms with Crippen molar-refractivity contribution in [1.82, 2.24) is 4.90 Å². The smallest absolute Gasteiger partial charge is 0.305 e. The maximum absolute atomic E-state index is 15.4. The van der Waals surface area contributed by atoms with E-state index in [2.05, 4.69) is 0 Å². The van der Waals surface area contributed by atoms with Gasteiger partial charge in [-0.25, -0.2) is 4.90 Å². The average Bonchev–Trinajstić information content (AvgIpc) is 3.47. The summed E-state index contributed by atoms with van der Waals surface area (Å²) in [6.07, 6.45) is 1.72. The van der Waals surface area contributed by atoms with Crippen LogP contribution in [0.2, 0.25) is 5.02 Å². The van der Waals surface area contributed by atoms with Gasteiger partial charge in [-0.1, -0.05) is 59.6 Å². The number of imide groups is 2. The van der Waals surface area contributed by atoms with E-state index in [1.54, 1.807) is 48.5 Å². The quantitative estimate of drug-likeness (QED) is 0.254. The third-order valence-corrected chi connectivity index (χ3v) is 10.9. The van der Waals surface area contributed by atoms with E-state index in [-0.39, 0.29) is 42.3 Å². The first-order chi connectivity index (χ1) is 23.5. The summed E-state index contributed by atoms with van der Waals surface area (Å²) in [6.45, 7) is -0.261. The fourth-order valence-electron chi connectivity index (χ4n) is 8.76. The van der Waals surface area contributed by atoms with E-state index in [4.69, 9.17) is 21.1 Å². The molecule has 3 fully saturated rings. The Labute approximate surface area is 286 Å². The second kappa shape index (κ2) is 12.1. The number of halogens is 1. The highest BCUT2D eigenvalue weighted by atomic mass is 35.5. The number of hydrogen-bond donors (Lipinski definition) is 2. The molecule has 7 rings (SSSR count). The second-order valence-electron chi connectivity index (χ2n) is 12.8. The van der Waals surface area contributed by atoms with Crippen molar-refractivity contribution < 1.29 is 43.7 Å². The summed E-state index contributed by atoms with van der Waals surface area (Å²) in [6, 6.07) is 18.3. The minimum absolute atomic E-state index is 0.0640. The first kappa shape index (κ1) is 32.4. The molecule has 11 nitrogen and oxygen atoms in total. The number of benzene rings is 3. The van der Waals surface area contributed by atoms with Crippen molar-refractivity contribution >= 4 is 46.9 Å². The summed E-state index contributed by atoms with van der Waals surface area (Å²) in [7, 11) is 2.85. The molecule has 0 bridgehead atoms. The maximum Gasteiger partial charge on any atom is 0.305 e. The number of amides is 4. The molecule has 4 aliphatic rings. The largest absolute Gasteiger partial charge is 0.508 e. The van der Waals surface area contributed by atoms with Crippen LogP contribution in [0.4, 0.5) is 5.69 Å². The van der Waals surface area contributed by atoms with Gasteiger partial charge in [-0.3, -0.25) is 28.9 Å². The Morgan fingerprint density at radius 1 is 0.918 bits per heavy atom. The summed E-state index contributed by atoms with van der Waals surface area (Å²) in [5, 5.41) is 20.3. The van der Waals surface area contributed by atoms with Crippen molar-refractivity contribution in [2.24, 2.45) is 23.7 Å². The second-order valence-corrected chi connectivity index (χ2v) is 13.3. The molecule has 2 aliphatic heterocycles. The Morgan fingerprint density at radius 3 is 2.24 bits per heavy atom. The molecule has 2 aliphatic carbocycles. The van der Waals surface area contributed by atoms with Crippen molar-refractivity contribution in [3.63, 3.8) is 0 Å². The van der Waals surface area contributed by atoms with Crippen LogP contribution < -0.4 is 14.4 Å². The lowest BCUT2D eigenvalue weighted by molar-refractivity contribution is -0.142. The van der Waals surface area contributed by atoms with Gasteiger partial charge in [-0.2, -0.15) is 0 Å². The number of aliphatic carboxylic acids is 1. The van der Waals surface area contributed by atoms with Crippen LogP contribution in [0.3, 0.4) is 0 Å². The molecule has 1 saturated carbocycles. The van der Waals surface area contributed by atoms with E-state index >= 15 is 4.79 Å². The predicted octanol–water partition coefficient (Wildman–Crippen LogP) is 4.70. The van der Waals surface area contributed by atoms with Crippen LogP contribution in [0.15, 0.2) is 78.4 Å². The maximum atomic E-state index is 15.4. The van der Waals surface area contributed by atoms with Crippen LogP contribution in [0, 0.1) is 23.7 Å². The number of phenols is 1. The molecule has 6 atom stereocenters. The molecule has 0 radical (unpaired) electrons. The van der Waals surface area contributed by atoms with Gasteiger partial charge in [-0.15, -0.1) is 0 Å². The number of phenolic OH excluding ortho intramolecular Hbond substituents is 1. The van der Waals surface area contributed by atoms with Crippen molar-refractivity contribution in [3.8, 4) is 17.2 Å². The number of carboxylic acid groups (broad SMARTS) is 1. The highest BCUT2D eigenvalue weighted by Crippen LogP contribution is 2.66. The third kappa shape index (κ3) is 4.74. The van der Waals surface area contributed by atoms with Gasteiger partial charge in [0, 0.05) is 35.2 Å². The number of carbonyl (C=O) groups is 5. The monoisotopic (exact) mass is 684 g/mol. The first-order valence-corrected chi connectivity index (χ1v) is 16.3. The summed E-state index contributed by atoms with van der Waals surface area (Å²) in [5.41, 5.74) is 0.335. The molecule has 0 spiro atoms. The SMILES string of the molecule is COc1cc(O)cc(OC)c1C1C2=CCC3C(=O)N(CCC(=O)O)C(=O)C3C2CC2C(=O)N(c3cccc(Cl)c3)C(=O)C21c1ccccc1. The number of nitrogens with zero attached hydrogens (tertiary/aromatic N) is 2. The number of rotatable bonds is 8. The number of allylic oxidation sites excluding steroid dienone is 2. The molecule has 0 aromatic heterocycles. The van der Waals surface area contributed by atoms with E-state index in [0.717, 1.165) is 9.80 Å². The van der Waals surface area contributed by atoms with Crippen LogP contribution in [0.1, 0.15) is 36.3 Å². The fourth-order valence-corrected chi connectivity index (χ4v) is 8.94. The standard InChI is InChI=1S/C37H33ClN2O9/c1-48-27-16-22(41)17-28(49-2)31(27)32-23-11-12-24-30(35(46)39(33(24)44)14-13-29(42)43)25(23)18-26-34(45)40(21-10-6-9-20(38)15-21)36(47)37(26,32)19-7-4-3-5-8-19/h3-11,15-17,24-26,30,32,41H,12-14,18H2,1-2H3,(H,42,43). The number of likely N-dealkylation sites (tertiary alicyclic amines) is 1.